The van der Waals surface area contributed by atoms with Crippen LogP contribution in [0.5, 0.6) is 0 Å². The third-order valence-electron chi connectivity index (χ3n) is 2.38. The Balaban J connectivity index is 2.44. The van der Waals surface area contributed by atoms with E-state index < -0.39 is 0 Å². The summed E-state index contributed by atoms with van der Waals surface area (Å²) in [6, 6.07) is 10.0. The van der Waals surface area contributed by atoms with Gasteiger partial charge in [-0.3, -0.25) is 0 Å². The van der Waals surface area contributed by atoms with E-state index in [9.17, 15) is 0 Å². The third-order valence-corrected chi connectivity index (χ3v) is 2.38. The summed E-state index contributed by atoms with van der Waals surface area (Å²) in [5, 5.41) is 13.3. The van der Waals surface area contributed by atoms with Gasteiger partial charge in [0, 0.05) is 5.69 Å². The van der Waals surface area contributed by atoms with Crippen molar-refractivity contribution >= 4 is 0 Å². The molecule has 2 aromatic rings. The standard InChI is InChI=1S/C12H14N2O/c1-9-3-5-12(6-4-9)14-10(2)7-11(8-15)13-14/h3-7,15H,8H2,1-2H3. The molecule has 0 amide bonds. The molecule has 78 valence electrons. The van der Waals surface area contributed by atoms with E-state index in [1.165, 1.54) is 5.56 Å². The van der Waals surface area contributed by atoms with E-state index in [1.54, 1.807) is 0 Å². The molecule has 0 atom stereocenters. The Morgan fingerprint density at radius 1 is 1.20 bits per heavy atom. The highest BCUT2D eigenvalue weighted by atomic mass is 16.3. The van der Waals surface area contributed by atoms with Crippen LogP contribution in [-0.2, 0) is 6.61 Å². The lowest BCUT2D eigenvalue weighted by Crippen LogP contribution is -1.99. The summed E-state index contributed by atoms with van der Waals surface area (Å²) in [5.41, 5.74) is 3.99. The highest BCUT2D eigenvalue weighted by Gasteiger charge is 2.04. The molecule has 1 N–H and O–H groups in total. The van der Waals surface area contributed by atoms with Crippen molar-refractivity contribution in [3.8, 4) is 5.69 Å². The fourth-order valence-electron chi connectivity index (χ4n) is 1.56. The Labute approximate surface area is 89.0 Å². The molecule has 3 heteroatoms. The van der Waals surface area contributed by atoms with E-state index in [2.05, 4.69) is 24.2 Å². The van der Waals surface area contributed by atoms with E-state index >= 15 is 0 Å². The maximum atomic E-state index is 8.99. The van der Waals surface area contributed by atoms with E-state index in [0.717, 1.165) is 11.4 Å². The van der Waals surface area contributed by atoms with Crippen molar-refractivity contribution < 1.29 is 5.11 Å². The first kappa shape index (κ1) is 9.93. The number of benzene rings is 1. The van der Waals surface area contributed by atoms with Gasteiger partial charge in [-0.25, -0.2) is 4.68 Å². The first-order chi connectivity index (χ1) is 7.20. The summed E-state index contributed by atoms with van der Waals surface area (Å²) in [4.78, 5) is 0. The normalized spacial score (nSPS) is 10.6. The molecule has 0 saturated carbocycles. The van der Waals surface area contributed by atoms with Gasteiger partial charge in [-0.2, -0.15) is 5.10 Å². The summed E-state index contributed by atoms with van der Waals surface area (Å²) >= 11 is 0. The van der Waals surface area contributed by atoms with Crippen LogP contribution in [0.2, 0.25) is 0 Å². The first-order valence-corrected chi connectivity index (χ1v) is 4.94. The van der Waals surface area contributed by atoms with Crippen molar-refractivity contribution in [1.29, 1.82) is 0 Å². The zero-order valence-electron chi connectivity index (χ0n) is 8.94. The zero-order chi connectivity index (χ0) is 10.8. The summed E-state index contributed by atoms with van der Waals surface area (Å²) in [6.07, 6.45) is 0. The molecule has 1 heterocycles. The number of hydrogen-bond acceptors (Lipinski definition) is 2. The maximum absolute atomic E-state index is 8.99. The van der Waals surface area contributed by atoms with E-state index in [1.807, 2.05) is 29.8 Å². The van der Waals surface area contributed by atoms with Crippen molar-refractivity contribution in [3.63, 3.8) is 0 Å². The summed E-state index contributed by atoms with van der Waals surface area (Å²) in [6.45, 7) is 4.02. The molecule has 15 heavy (non-hydrogen) atoms. The molecule has 0 aliphatic rings. The number of hydrogen-bond donors (Lipinski definition) is 1. The molecule has 0 aliphatic heterocycles. The van der Waals surface area contributed by atoms with Crippen LogP contribution in [0.25, 0.3) is 5.69 Å². The third kappa shape index (κ3) is 1.92. The largest absolute Gasteiger partial charge is 0.390 e. The van der Waals surface area contributed by atoms with Gasteiger partial charge < -0.3 is 5.11 Å². The van der Waals surface area contributed by atoms with Crippen LogP contribution in [0.3, 0.4) is 0 Å². The van der Waals surface area contributed by atoms with E-state index in [0.29, 0.717) is 5.69 Å². The minimum Gasteiger partial charge on any atom is -0.390 e. The topological polar surface area (TPSA) is 38.0 Å². The Bertz CT molecular complexity index is 457. The van der Waals surface area contributed by atoms with Gasteiger partial charge in [0.15, 0.2) is 0 Å². The van der Waals surface area contributed by atoms with Gasteiger partial charge in [0.05, 0.1) is 18.0 Å². The molecule has 1 aromatic heterocycles. The Morgan fingerprint density at radius 3 is 2.40 bits per heavy atom. The number of rotatable bonds is 2. The molecule has 3 nitrogen and oxygen atoms in total. The van der Waals surface area contributed by atoms with Gasteiger partial charge in [-0.1, -0.05) is 17.7 Å². The number of aliphatic hydroxyl groups excluding tert-OH is 1. The van der Waals surface area contributed by atoms with Crippen LogP contribution in [0.4, 0.5) is 0 Å². The molecular weight excluding hydrogens is 188 g/mol. The van der Waals surface area contributed by atoms with Crippen LogP contribution in [0.1, 0.15) is 17.0 Å². The second kappa shape index (κ2) is 3.87. The summed E-state index contributed by atoms with van der Waals surface area (Å²) in [5.74, 6) is 0. The fraction of sp³-hybridized carbons (Fsp3) is 0.250. The summed E-state index contributed by atoms with van der Waals surface area (Å²) in [7, 11) is 0. The van der Waals surface area contributed by atoms with Gasteiger partial charge in [0.25, 0.3) is 0 Å². The molecule has 0 saturated heterocycles. The molecule has 2 rings (SSSR count). The fourth-order valence-corrected chi connectivity index (χ4v) is 1.56. The predicted octanol–water partition coefficient (Wildman–Crippen LogP) is 1.98. The van der Waals surface area contributed by atoms with E-state index in [4.69, 9.17) is 5.11 Å². The second-order valence-corrected chi connectivity index (χ2v) is 3.68. The quantitative estimate of drug-likeness (QED) is 0.808. The van der Waals surface area contributed by atoms with Crippen molar-refractivity contribution in [1.82, 2.24) is 9.78 Å². The Morgan fingerprint density at radius 2 is 1.87 bits per heavy atom. The Kier molecular flexibility index (Phi) is 2.56. The molecule has 0 spiro atoms. The lowest BCUT2D eigenvalue weighted by atomic mass is 10.2. The molecule has 0 aliphatic carbocycles. The van der Waals surface area contributed by atoms with E-state index in [-0.39, 0.29) is 6.61 Å². The average Bonchev–Trinajstić information content (AvgIpc) is 2.61. The second-order valence-electron chi connectivity index (χ2n) is 3.68. The molecule has 0 radical (unpaired) electrons. The van der Waals surface area contributed by atoms with Crippen LogP contribution in [0, 0.1) is 13.8 Å². The lowest BCUT2D eigenvalue weighted by Gasteiger charge is -2.04. The van der Waals surface area contributed by atoms with Crippen molar-refractivity contribution in [2.24, 2.45) is 0 Å². The van der Waals surface area contributed by atoms with Gasteiger partial charge in [0.2, 0.25) is 0 Å². The van der Waals surface area contributed by atoms with Crippen molar-refractivity contribution in [2.75, 3.05) is 0 Å². The first-order valence-electron chi connectivity index (χ1n) is 4.94. The monoisotopic (exact) mass is 202 g/mol. The predicted molar refractivity (Wildman–Crippen MR) is 59.0 cm³/mol. The molecule has 0 unspecified atom stereocenters. The van der Waals surface area contributed by atoms with Gasteiger partial charge in [0.1, 0.15) is 0 Å². The number of aromatic nitrogens is 2. The van der Waals surface area contributed by atoms with Gasteiger partial charge in [-0.15, -0.1) is 0 Å². The van der Waals surface area contributed by atoms with Crippen molar-refractivity contribution in [3.05, 3.63) is 47.3 Å². The smallest absolute Gasteiger partial charge is 0.0886 e. The average molecular weight is 202 g/mol. The lowest BCUT2D eigenvalue weighted by molar-refractivity contribution is 0.276. The Hall–Kier alpha value is -1.61. The van der Waals surface area contributed by atoms with Crippen LogP contribution in [0.15, 0.2) is 30.3 Å². The van der Waals surface area contributed by atoms with Crippen molar-refractivity contribution in [2.45, 2.75) is 20.5 Å². The highest BCUT2D eigenvalue weighted by Crippen LogP contribution is 2.12. The minimum absolute atomic E-state index is 0.0142. The molecular formula is C12H14N2O. The zero-order valence-corrected chi connectivity index (χ0v) is 8.94. The molecule has 0 bridgehead atoms. The van der Waals surface area contributed by atoms with Gasteiger partial charge >= 0.3 is 0 Å². The molecule has 0 fully saturated rings. The minimum atomic E-state index is -0.0142. The summed E-state index contributed by atoms with van der Waals surface area (Å²) < 4.78 is 1.84. The number of nitrogens with zero attached hydrogens (tertiary/aromatic N) is 2. The maximum Gasteiger partial charge on any atom is 0.0886 e. The van der Waals surface area contributed by atoms with Crippen LogP contribution >= 0.6 is 0 Å². The van der Waals surface area contributed by atoms with Crippen LogP contribution in [-0.4, -0.2) is 14.9 Å². The number of aryl methyl sites for hydroxylation is 2. The van der Waals surface area contributed by atoms with Gasteiger partial charge in [-0.05, 0) is 32.0 Å². The highest BCUT2D eigenvalue weighted by molar-refractivity contribution is 5.35. The number of aliphatic hydroxyl groups is 1. The van der Waals surface area contributed by atoms with Crippen LogP contribution < -0.4 is 0 Å². The molecule has 1 aromatic carbocycles. The SMILES string of the molecule is Cc1ccc(-n2nc(CO)cc2C)cc1.